The van der Waals surface area contributed by atoms with Gasteiger partial charge in [-0.1, -0.05) is 0 Å². The van der Waals surface area contributed by atoms with Crippen LogP contribution in [0.2, 0.25) is 0 Å². The fraction of sp³-hybridized carbons (Fsp3) is 0.857. The molecule has 0 aromatic rings. The van der Waals surface area contributed by atoms with Crippen LogP contribution in [0.5, 0.6) is 0 Å². The number of hydrogen-bond acceptors (Lipinski definition) is 3. The number of aliphatic carboxylic acids is 1. The lowest BCUT2D eigenvalue weighted by Crippen LogP contribution is -2.44. The van der Waals surface area contributed by atoms with E-state index in [1.807, 2.05) is 0 Å². The van der Waals surface area contributed by atoms with E-state index >= 15 is 0 Å². The van der Waals surface area contributed by atoms with Gasteiger partial charge < -0.3 is 19.8 Å². The maximum absolute atomic E-state index is 12.3. The highest BCUT2D eigenvalue weighted by atomic mass is 16.4. The third-order valence-electron chi connectivity index (χ3n) is 4.54. The summed E-state index contributed by atoms with van der Waals surface area (Å²) in [6.45, 7) is 6.44. The zero-order valence-electron chi connectivity index (χ0n) is 12.5. The van der Waals surface area contributed by atoms with Gasteiger partial charge in [-0.3, -0.25) is 4.79 Å². The minimum absolute atomic E-state index is 0.0471. The summed E-state index contributed by atoms with van der Waals surface area (Å²) in [6.07, 6.45) is 3.04. The summed E-state index contributed by atoms with van der Waals surface area (Å²) in [6, 6.07) is -0.0471. The first-order valence-corrected chi connectivity index (χ1v) is 7.38. The summed E-state index contributed by atoms with van der Waals surface area (Å²) in [4.78, 5) is 29.3. The number of nitrogens with zero attached hydrogens (tertiary/aromatic N) is 3. The molecule has 0 aliphatic carbocycles. The first-order valence-electron chi connectivity index (χ1n) is 7.38. The lowest BCUT2D eigenvalue weighted by Gasteiger charge is -2.27. The Morgan fingerprint density at radius 3 is 2.45 bits per heavy atom. The molecular weight excluding hydrogens is 258 g/mol. The molecule has 0 aromatic carbocycles. The van der Waals surface area contributed by atoms with E-state index in [-0.39, 0.29) is 6.03 Å². The number of carbonyl (C=O) groups is 2. The van der Waals surface area contributed by atoms with Crippen LogP contribution in [0.15, 0.2) is 0 Å². The van der Waals surface area contributed by atoms with Gasteiger partial charge >= 0.3 is 12.0 Å². The van der Waals surface area contributed by atoms with E-state index in [0.717, 1.165) is 19.6 Å². The first kappa shape index (κ1) is 15.1. The highest BCUT2D eigenvalue weighted by Crippen LogP contribution is 2.30. The molecule has 1 unspecified atom stereocenters. The van der Waals surface area contributed by atoms with Crippen molar-refractivity contribution in [1.82, 2.24) is 14.7 Å². The van der Waals surface area contributed by atoms with Gasteiger partial charge in [-0.05, 0) is 39.3 Å². The van der Waals surface area contributed by atoms with Crippen LogP contribution >= 0.6 is 0 Å². The molecule has 2 amide bonds. The lowest BCUT2D eigenvalue weighted by molar-refractivity contribution is -0.147. The van der Waals surface area contributed by atoms with Gasteiger partial charge in [0.1, 0.15) is 0 Å². The third-order valence-corrected chi connectivity index (χ3v) is 4.54. The van der Waals surface area contributed by atoms with Gasteiger partial charge in [0, 0.05) is 33.2 Å². The van der Waals surface area contributed by atoms with Crippen molar-refractivity contribution in [2.24, 2.45) is 5.41 Å². The van der Waals surface area contributed by atoms with Crippen LogP contribution in [0.1, 0.15) is 26.2 Å². The van der Waals surface area contributed by atoms with Crippen LogP contribution in [0.3, 0.4) is 0 Å². The SMILES string of the molecule is CN(CCN1CCCC1)C(=O)N1CCC(C)(C(=O)O)C1. The average molecular weight is 283 g/mol. The molecule has 0 spiro atoms. The van der Waals surface area contributed by atoms with E-state index < -0.39 is 11.4 Å². The van der Waals surface area contributed by atoms with Crippen LogP contribution in [0.25, 0.3) is 0 Å². The monoisotopic (exact) mass is 283 g/mol. The van der Waals surface area contributed by atoms with Gasteiger partial charge in [0.15, 0.2) is 0 Å². The standard InChI is InChI=1S/C14H25N3O3/c1-14(12(18)19)5-8-17(11-14)13(20)15(2)9-10-16-6-3-4-7-16/h3-11H2,1-2H3,(H,18,19). The minimum atomic E-state index is -0.812. The Kier molecular flexibility index (Phi) is 4.52. The quantitative estimate of drug-likeness (QED) is 0.833. The number of rotatable bonds is 4. The highest BCUT2D eigenvalue weighted by Gasteiger charge is 2.42. The Morgan fingerprint density at radius 1 is 1.25 bits per heavy atom. The molecule has 2 aliphatic rings. The van der Waals surface area contributed by atoms with Crippen LogP contribution < -0.4 is 0 Å². The molecular formula is C14H25N3O3. The lowest BCUT2D eigenvalue weighted by atomic mass is 9.90. The number of urea groups is 1. The molecule has 0 aromatic heterocycles. The predicted octanol–water partition coefficient (Wildman–Crippen LogP) is 0.931. The molecule has 114 valence electrons. The number of amides is 2. The number of carboxylic acids is 1. The Balaban J connectivity index is 1.80. The Morgan fingerprint density at radius 2 is 1.90 bits per heavy atom. The molecule has 6 heteroatoms. The molecule has 6 nitrogen and oxygen atoms in total. The number of hydrogen-bond donors (Lipinski definition) is 1. The van der Waals surface area contributed by atoms with Crippen molar-refractivity contribution in [2.45, 2.75) is 26.2 Å². The van der Waals surface area contributed by atoms with Crippen molar-refractivity contribution in [1.29, 1.82) is 0 Å². The van der Waals surface area contributed by atoms with E-state index in [1.165, 1.54) is 12.8 Å². The van der Waals surface area contributed by atoms with Crippen LogP contribution in [-0.2, 0) is 4.79 Å². The Hall–Kier alpha value is -1.30. The normalized spacial score (nSPS) is 27.0. The van der Waals surface area contributed by atoms with Crippen LogP contribution in [-0.4, -0.2) is 78.1 Å². The summed E-state index contributed by atoms with van der Waals surface area (Å²) < 4.78 is 0. The number of likely N-dealkylation sites (tertiary alicyclic amines) is 2. The molecule has 2 heterocycles. The molecule has 2 fully saturated rings. The minimum Gasteiger partial charge on any atom is -0.481 e. The van der Waals surface area contributed by atoms with Gasteiger partial charge in [0.05, 0.1) is 5.41 Å². The van der Waals surface area contributed by atoms with E-state index in [0.29, 0.717) is 26.1 Å². The van der Waals surface area contributed by atoms with E-state index in [4.69, 9.17) is 0 Å². The fourth-order valence-electron chi connectivity index (χ4n) is 2.93. The van der Waals surface area contributed by atoms with Crippen molar-refractivity contribution in [2.75, 3.05) is 46.3 Å². The molecule has 2 aliphatic heterocycles. The maximum Gasteiger partial charge on any atom is 0.319 e. The summed E-state index contributed by atoms with van der Waals surface area (Å²) in [7, 11) is 1.80. The zero-order chi connectivity index (χ0) is 14.8. The summed E-state index contributed by atoms with van der Waals surface area (Å²) in [5.74, 6) is -0.812. The summed E-state index contributed by atoms with van der Waals surface area (Å²) >= 11 is 0. The van der Waals surface area contributed by atoms with Crippen LogP contribution in [0.4, 0.5) is 4.79 Å². The second-order valence-corrected chi connectivity index (χ2v) is 6.29. The highest BCUT2D eigenvalue weighted by molar-refractivity contribution is 5.79. The topological polar surface area (TPSA) is 64.1 Å². The van der Waals surface area contributed by atoms with Crippen LogP contribution in [0, 0.1) is 5.41 Å². The van der Waals surface area contributed by atoms with Crippen molar-refractivity contribution >= 4 is 12.0 Å². The van der Waals surface area contributed by atoms with E-state index in [9.17, 15) is 14.7 Å². The van der Waals surface area contributed by atoms with Gasteiger partial charge in [-0.25, -0.2) is 4.79 Å². The largest absolute Gasteiger partial charge is 0.481 e. The smallest absolute Gasteiger partial charge is 0.319 e. The van der Waals surface area contributed by atoms with Gasteiger partial charge in [0.25, 0.3) is 0 Å². The predicted molar refractivity (Wildman–Crippen MR) is 75.6 cm³/mol. The second kappa shape index (κ2) is 5.99. The van der Waals surface area contributed by atoms with Gasteiger partial charge in [-0.15, -0.1) is 0 Å². The molecule has 0 bridgehead atoms. The van der Waals surface area contributed by atoms with Crippen molar-refractivity contribution in [3.63, 3.8) is 0 Å². The summed E-state index contributed by atoms with van der Waals surface area (Å²) in [5, 5.41) is 9.20. The van der Waals surface area contributed by atoms with E-state index in [1.54, 1.807) is 23.8 Å². The molecule has 1 N–H and O–H groups in total. The number of carbonyl (C=O) groups excluding carboxylic acids is 1. The first-order chi connectivity index (χ1) is 9.42. The Bertz CT molecular complexity index is 382. The molecule has 2 saturated heterocycles. The number of likely N-dealkylation sites (N-methyl/N-ethyl adjacent to an activating group) is 1. The zero-order valence-corrected chi connectivity index (χ0v) is 12.5. The summed E-state index contributed by atoms with van der Waals surface area (Å²) in [5.41, 5.74) is -0.786. The number of carboxylic acid groups (broad SMARTS) is 1. The molecule has 2 rings (SSSR count). The van der Waals surface area contributed by atoms with Crippen molar-refractivity contribution in [3.05, 3.63) is 0 Å². The van der Waals surface area contributed by atoms with Crippen molar-refractivity contribution < 1.29 is 14.7 Å². The molecule has 0 saturated carbocycles. The van der Waals surface area contributed by atoms with Crippen molar-refractivity contribution in [3.8, 4) is 0 Å². The Labute approximate surface area is 120 Å². The van der Waals surface area contributed by atoms with Gasteiger partial charge in [-0.2, -0.15) is 0 Å². The maximum atomic E-state index is 12.3. The second-order valence-electron chi connectivity index (χ2n) is 6.29. The van der Waals surface area contributed by atoms with E-state index in [2.05, 4.69) is 4.90 Å². The molecule has 0 radical (unpaired) electrons. The van der Waals surface area contributed by atoms with Gasteiger partial charge in [0.2, 0.25) is 0 Å². The molecule has 1 atom stereocenters. The fourth-order valence-corrected chi connectivity index (χ4v) is 2.93. The molecule has 20 heavy (non-hydrogen) atoms. The average Bonchev–Trinajstić information content (AvgIpc) is 3.05. The third kappa shape index (κ3) is 3.23.